The first-order valence-corrected chi connectivity index (χ1v) is 8.64. The first-order chi connectivity index (χ1) is 13.0. The van der Waals surface area contributed by atoms with Crippen molar-refractivity contribution in [3.8, 4) is 0 Å². The largest absolute Gasteiger partial charge is 0.394 e. The van der Waals surface area contributed by atoms with Crippen LogP contribution in [-0.4, -0.2) is 98.4 Å². The summed E-state index contributed by atoms with van der Waals surface area (Å²) in [6, 6.07) is 0. The van der Waals surface area contributed by atoms with E-state index in [1.54, 1.807) is 4.90 Å². The van der Waals surface area contributed by atoms with Crippen LogP contribution in [0.2, 0.25) is 0 Å². The summed E-state index contributed by atoms with van der Waals surface area (Å²) in [7, 11) is 0. The van der Waals surface area contributed by atoms with Crippen LogP contribution in [0.3, 0.4) is 0 Å². The highest BCUT2D eigenvalue weighted by Crippen LogP contribution is 2.39. The van der Waals surface area contributed by atoms with E-state index in [2.05, 4.69) is 9.97 Å². The predicted octanol–water partition coefficient (Wildman–Crippen LogP) is -3.74. The van der Waals surface area contributed by atoms with Gasteiger partial charge in [0.05, 0.1) is 32.3 Å². The van der Waals surface area contributed by atoms with Gasteiger partial charge in [0, 0.05) is 6.42 Å². The number of aromatic nitrogens is 2. The highest BCUT2D eigenvalue weighted by Gasteiger charge is 2.50. The number of rotatable bonds is 4. The number of fused-ring (bicyclic) bond motifs is 1. The fourth-order valence-electron chi connectivity index (χ4n) is 3.80. The smallest absolute Gasteiger partial charge is 0.276 e. The Balaban J connectivity index is 1.66. The van der Waals surface area contributed by atoms with Gasteiger partial charge in [-0.25, -0.2) is 4.98 Å². The third kappa shape index (κ3) is 2.89. The second-order valence-corrected chi connectivity index (χ2v) is 6.83. The number of H-pyrrole nitrogens is 1. The van der Waals surface area contributed by atoms with Crippen molar-refractivity contribution in [2.45, 2.75) is 49.4 Å². The van der Waals surface area contributed by atoms with Crippen molar-refractivity contribution < 1.29 is 35.0 Å². The number of nitrogens with one attached hydrogen (secondary N) is 1. The molecule has 3 aliphatic rings. The summed E-state index contributed by atoms with van der Waals surface area (Å²) >= 11 is 0. The van der Waals surface area contributed by atoms with Crippen LogP contribution in [0.5, 0.6) is 0 Å². The first kappa shape index (κ1) is 18.6. The molecule has 0 aromatic carbocycles. The van der Waals surface area contributed by atoms with Gasteiger partial charge in [0.25, 0.3) is 5.56 Å². The van der Waals surface area contributed by atoms with E-state index >= 15 is 0 Å². The molecule has 0 bridgehead atoms. The summed E-state index contributed by atoms with van der Waals surface area (Å²) in [5.41, 5.74) is -0.352. The van der Waals surface area contributed by atoms with Crippen molar-refractivity contribution in [2.24, 2.45) is 0 Å². The molecule has 1 aromatic heterocycles. The average molecular weight is 386 g/mol. The van der Waals surface area contributed by atoms with Gasteiger partial charge >= 0.3 is 0 Å². The normalized spacial score (nSPS) is 38.6. The van der Waals surface area contributed by atoms with E-state index in [1.807, 2.05) is 0 Å². The number of nitrogens with zero attached hydrogens (tertiary/aromatic N) is 3. The molecular formula is C15H22N4O8. The number of aliphatic hydroxyl groups excluding tert-OH is 5. The predicted molar refractivity (Wildman–Crippen MR) is 88.8 cm³/mol. The fraction of sp³-hybridized carbons (Fsp3) is 0.733. The molecule has 6 N–H and O–H groups in total. The molecule has 4 heterocycles. The van der Waals surface area contributed by atoms with Gasteiger partial charge < -0.3 is 49.8 Å². The van der Waals surface area contributed by atoms with Crippen molar-refractivity contribution in [1.29, 1.82) is 0 Å². The Kier molecular flexibility index (Phi) is 4.80. The summed E-state index contributed by atoms with van der Waals surface area (Å²) < 4.78 is 11.2. The number of hydrogen-bond acceptors (Lipinski definition) is 11. The molecule has 12 heteroatoms. The summed E-state index contributed by atoms with van der Waals surface area (Å²) in [6.45, 7) is -0.796. The van der Waals surface area contributed by atoms with Gasteiger partial charge in [0.2, 0.25) is 0 Å². The number of aliphatic hydroxyl groups is 5. The van der Waals surface area contributed by atoms with Crippen molar-refractivity contribution in [3.63, 3.8) is 0 Å². The molecule has 2 saturated heterocycles. The quantitative estimate of drug-likeness (QED) is 0.300. The lowest BCUT2D eigenvalue weighted by Gasteiger charge is -2.30. The molecule has 0 amide bonds. The standard InChI is InChI=1S/C15H22N4O8/c20-2-7-6(22)1-9(26-7)18-5-19(10-13(18)16-4-17-14(10)25)15-12(24)11(23)8(3-21)27-15/h4,6-9,11-12,15,20-24H,1-3,5H2,(H,16,17,25)/t6-,7+,8+,9+,11+,12+,15?/m0/s1. The maximum absolute atomic E-state index is 12.4. The minimum absolute atomic E-state index is 0.0392. The Morgan fingerprint density at radius 3 is 2.48 bits per heavy atom. The molecule has 4 rings (SSSR count). The average Bonchev–Trinajstić information content (AvgIpc) is 3.30. The molecule has 0 spiro atoms. The molecule has 1 aromatic rings. The van der Waals surface area contributed by atoms with Gasteiger partial charge in [-0.2, -0.15) is 0 Å². The molecule has 7 atom stereocenters. The summed E-state index contributed by atoms with van der Waals surface area (Å²) in [6.07, 6.45) is -5.56. The lowest BCUT2D eigenvalue weighted by Crippen LogP contribution is -2.48. The molecule has 0 aliphatic carbocycles. The van der Waals surface area contributed by atoms with E-state index < -0.39 is 55.1 Å². The lowest BCUT2D eigenvalue weighted by atomic mass is 10.1. The molecule has 0 radical (unpaired) electrons. The molecule has 3 aliphatic heterocycles. The molecule has 12 nitrogen and oxygen atoms in total. The Morgan fingerprint density at radius 2 is 1.85 bits per heavy atom. The van der Waals surface area contributed by atoms with E-state index in [1.165, 1.54) is 11.2 Å². The summed E-state index contributed by atoms with van der Waals surface area (Å²) in [5.74, 6) is 0.271. The second kappa shape index (κ2) is 6.98. The zero-order valence-corrected chi connectivity index (χ0v) is 14.2. The van der Waals surface area contributed by atoms with E-state index in [-0.39, 0.29) is 31.2 Å². The van der Waals surface area contributed by atoms with Crippen LogP contribution in [-0.2, 0) is 9.47 Å². The van der Waals surface area contributed by atoms with E-state index in [4.69, 9.17) is 9.47 Å². The van der Waals surface area contributed by atoms with Crippen LogP contribution in [0, 0.1) is 0 Å². The minimum atomic E-state index is -1.35. The van der Waals surface area contributed by atoms with Crippen LogP contribution in [0.4, 0.5) is 11.5 Å². The topological polar surface area (TPSA) is 172 Å². The Labute approximate surface area is 153 Å². The highest BCUT2D eigenvalue weighted by atomic mass is 16.6. The van der Waals surface area contributed by atoms with Crippen molar-refractivity contribution in [3.05, 3.63) is 16.7 Å². The van der Waals surface area contributed by atoms with E-state index in [0.29, 0.717) is 0 Å². The Hall–Kier alpha value is -1.80. The maximum Gasteiger partial charge on any atom is 0.276 e. The zero-order valence-electron chi connectivity index (χ0n) is 14.2. The van der Waals surface area contributed by atoms with Gasteiger partial charge in [-0.3, -0.25) is 4.79 Å². The van der Waals surface area contributed by atoms with Crippen LogP contribution >= 0.6 is 0 Å². The monoisotopic (exact) mass is 386 g/mol. The van der Waals surface area contributed by atoms with Crippen LogP contribution in [0.15, 0.2) is 11.1 Å². The zero-order chi connectivity index (χ0) is 19.3. The van der Waals surface area contributed by atoms with Gasteiger partial charge in [0.1, 0.15) is 36.3 Å². The molecule has 150 valence electrons. The van der Waals surface area contributed by atoms with E-state index in [0.717, 1.165) is 0 Å². The van der Waals surface area contributed by atoms with Crippen LogP contribution in [0.1, 0.15) is 6.42 Å². The number of anilines is 2. The number of ether oxygens (including phenoxy) is 2. The van der Waals surface area contributed by atoms with Gasteiger partial charge in [-0.1, -0.05) is 0 Å². The minimum Gasteiger partial charge on any atom is -0.394 e. The first-order valence-electron chi connectivity index (χ1n) is 8.64. The van der Waals surface area contributed by atoms with Crippen LogP contribution in [0.25, 0.3) is 0 Å². The molecule has 1 unspecified atom stereocenters. The van der Waals surface area contributed by atoms with Crippen LogP contribution < -0.4 is 15.4 Å². The second-order valence-electron chi connectivity index (χ2n) is 6.83. The molecule has 2 fully saturated rings. The third-order valence-electron chi connectivity index (χ3n) is 5.23. The lowest BCUT2D eigenvalue weighted by molar-refractivity contribution is -0.0273. The third-order valence-corrected chi connectivity index (χ3v) is 5.23. The summed E-state index contributed by atoms with van der Waals surface area (Å²) in [5, 5.41) is 48.9. The van der Waals surface area contributed by atoms with Crippen molar-refractivity contribution in [2.75, 3.05) is 29.7 Å². The molecule has 0 saturated carbocycles. The number of hydrogen-bond donors (Lipinski definition) is 6. The van der Waals surface area contributed by atoms with Gasteiger partial charge in [-0.15, -0.1) is 0 Å². The highest BCUT2D eigenvalue weighted by molar-refractivity contribution is 5.72. The SMILES string of the molecule is O=c1[nH]cnc2c1N(C1O[C@H](CO)[C@@H](O)[C@H]1O)CN2[C@H]1C[C@H](O)[C@@H](CO)O1. The Morgan fingerprint density at radius 1 is 1.11 bits per heavy atom. The maximum atomic E-state index is 12.4. The number of aromatic amines is 1. The van der Waals surface area contributed by atoms with Gasteiger partial charge in [0.15, 0.2) is 12.0 Å². The van der Waals surface area contributed by atoms with Crippen molar-refractivity contribution >= 4 is 11.5 Å². The fourth-order valence-corrected chi connectivity index (χ4v) is 3.80. The van der Waals surface area contributed by atoms with Gasteiger partial charge in [-0.05, 0) is 0 Å². The van der Waals surface area contributed by atoms with Crippen molar-refractivity contribution in [1.82, 2.24) is 9.97 Å². The summed E-state index contributed by atoms with van der Waals surface area (Å²) in [4.78, 5) is 22.1. The Bertz CT molecular complexity index is 747. The molecule has 27 heavy (non-hydrogen) atoms. The molecular weight excluding hydrogens is 364 g/mol. The van der Waals surface area contributed by atoms with E-state index in [9.17, 15) is 30.3 Å².